The van der Waals surface area contributed by atoms with Gasteiger partial charge in [0.25, 0.3) is 5.91 Å². The van der Waals surface area contributed by atoms with Gasteiger partial charge in [0.15, 0.2) is 4.32 Å². The van der Waals surface area contributed by atoms with Gasteiger partial charge in [-0.3, -0.25) is 20.0 Å². The number of nitrogens with zero attached hydrogens (tertiary/aromatic N) is 2. The Kier molecular flexibility index (Phi) is 3.73. The van der Waals surface area contributed by atoms with Crippen LogP contribution in [-0.4, -0.2) is 26.1 Å². The van der Waals surface area contributed by atoms with E-state index in [-0.39, 0.29) is 11.8 Å². The molecule has 2 heterocycles. The van der Waals surface area contributed by atoms with Crippen LogP contribution in [0.2, 0.25) is 0 Å². The van der Waals surface area contributed by atoms with Crippen molar-refractivity contribution in [1.29, 1.82) is 0 Å². The normalized spacial score (nSPS) is 17.4. The predicted octanol–water partition coefficient (Wildman–Crippen LogP) is 1.33. The van der Waals surface area contributed by atoms with Crippen molar-refractivity contribution < 1.29 is 9.59 Å². The average Bonchev–Trinajstić information content (AvgIpc) is 2.58. The lowest BCUT2D eigenvalue weighted by Crippen LogP contribution is -2.43. The van der Waals surface area contributed by atoms with Crippen LogP contribution < -0.4 is 5.43 Å². The lowest BCUT2D eigenvalue weighted by Gasteiger charge is -2.13. The lowest BCUT2D eigenvalue weighted by atomic mass is 10.3. The molecule has 5 nitrogen and oxygen atoms in total. The summed E-state index contributed by atoms with van der Waals surface area (Å²) in [7, 11) is 0. The first kappa shape index (κ1) is 12.7. The molecule has 1 saturated heterocycles. The molecule has 1 aliphatic heterocycles. The van der Waals surface area contributed by atoms with Gasteiger partial charge in [-0.1, -0.05) is 17.8 Å². The Bertz CT molecular complexity index is 542. The molecule has 2 rings (SSSR count). The second-order valence-electron chi connectivity index (χ2n) is 3.44. The number of hydrogen-bond acceptors (Lipinski definition) is 5. The number of thioether (sulfide) groups is 1. The second kappa shape index (κ2) is 5.28. The number of rotatable bonds is 2. The summed E-state index contributed by atoms with van der Waals surface area (Å²) in [5, 5.41) is 1.07. The Labute approximate surface area is 113 Å². The van der Waals surface area contributed by atoms with E-state index in [2.05, 4.69) is 10.4 Å². The Morgan fingerprint density at radius 3 is 2.94 bits per heavy atom. The second-order valence-corrected chi connectivity index (χ2v) is 5.12. The van der Waals surface area contributed by atoms with E-state index in [1.165, 1.54) is 6.92 Å². The van der Waals surface area contributed by atoms with E-state index in [1.807, 2.05) is 6.07 Å². The maximum absolute atomic E-state index is 12.0. The van der Waals surface area contributed by atoms with Crippen LogP contribution >= 0.6 is 24.0 Å². The molecule has 1 aromatic rings. The van der Waals surface area contributed by atoms with Gasteiger partial charge in [0.2, 0.25) is 5.91 Å². The summed E-state index contributed by atoms with van der Waals surface area (Å²) in [5.41, 5.74) is 3.05. The third-order valence-corrected chi connectivity index (χ3v) is 3.33. The molecule has 7 heteroatoms. The van der Waals surface area contributed by atoms with Gasteiger partial charge in [0.05, 0.1) is 10.6 Å². The van der Waals surface area contributed by atoms with Crippen molar-refractivity contribution in [2.75, 3.05) is 0 Å². The fraction of sp³-hybridized carbons (Fsp3) is 0.0909. The minimum absolute atomic E-state index is 0.303. The average molecular weight is 279 g/mol. The molecular weight excluding hydrogens is 270 g/mol. The standard InChI is InChI=1S/C11H9N3O2S2/c1-7(15)13-14-10(16)9(18-11(14)17)6-8-4-2-3-5-12-8/h2-6H,1H3,(H,13,15)/b9-6-. The third kappa shape index (κ3) is 2.74. The van der Waals surface area contributed by atoms with Gasteiger partial charge in [-0.05, 0) is 30.4 Å². The zero-order valence-electron chi connectivity index (χ0n) is 9.41. The van der Waals surface area contributed by atoms with Crippen molar-refractivity contribution in [1.82, 2.24) is 15.4 Å². The van der Waals surface area contributed by atoms with Gasteiger partial charge in [-0.15, -0.1) is 0 Å². The Balaban J connectivity index is 2.23. The van der Waals surface area contributed by atoms with Gasteiger partial charge in [0, 0.05) is 13.1 Å². The van der Waals surface area contributed by atoms with Gasteiger partial charge in [0.1, 0.15) is 0 Å². The van der Waals surface area contributed by atoms with E-state index in [0.29, 0.717) is 14.9 Å². The van der Waals surface area contributed by atoms with Crippen LogP contribution in [0.1, 0.15) is 12.6 Å². The van der Waals surface area contributed by atoms with Crippen molar-refractivity contribution >= 4 is 46.2 Å². The van der Waals surface area contributed by atoms with Crippen molar-refractivity contribution in [2.24, 2.45) is 0 Å². The number of hydrazine groups is 1. The molecule has 1 aliphatic rings. The lowest BCUT2D eigenvalue weighted by molar-refractivity contribution is -0.131. The zero-order chi connectivity index (χ0) is 13.1. The molecule has 2 amide bonds. The maximum Gasteiger partial charge on any atom is 0.285 e. The van der Waals surface area contributed by atoms with Crippen LogP contribution in [0.15, 0.2) is 29.3 Å². The van der Waals surface area contributed by atoms with E-state index >= 15 is 0 Å². The molecule has 1 N–H and O–H groups in total. The fourth-order valence-electron chi connectivity index (χ4n) is 1.32. The first-order chi connectivity index (χ1) is 8.58. The van der Waals surface area contributed by atoms with E-state index in [0.717, 1.165) is 16.8 Å². The summed E-state index contributed by atoms with van der Waals surface area (Å²) in [6, 6.07) is 5.40. The topological polar surface area (TPSA) is 62.3 Å². The molecule has 0 bridgehead atoms. The highest BCUT2D eigenvalue weighted by Gasteiger charge is 2.32. The van der Waals surface area contributed by atoms with Gasteiger partial charge in [-0.25, -0.2) is 0 Å². The summed E-state index contributed by atoms with van der Waals surface area (Å²) in [4.78, 5) is 27.4. The van der Waals surface area contributed by atoms with Crippen LogP contribution in [0.25, 0.3) is 6.08 Å². The molecule has 0 radical (unpaired) electrons. The van der Waals surface area contributed by atoms with Crippen LogP contribution in [0.4, 0.5) is 0 Å². The van der Waals surface area contributed by atoms with E-state index in [4.69, 9.17) is 12.2 Å². The van der Waals surface area contributed by atoms with Crippen LogP contribution in [0, 0.1) is 0 Å². The highest BCUT2D eigenvalue weighted by Crippen LogP contribution is 2.30. The number of carbonyl (C=O) groups excluding carboxylic acids is 2. The molecule has 0 unspecified atom stereocenters. The minimum Gasteiger partial charge on any atom is -0.274 e. The predicted molar refractivity (Wildman–Crippen MR) is 73.1 cm³/mol. The molecule has 0 aromatic carbocycles. The number of nitrogens with one attached hydrogen (secondary N) is 1. The number of aromatic nitrogens is 1. The molecule has 1 aromatic heterocycles. The van der Waals surface area contributed by atoms with E-state index < -0.39 is 0 Å². The summed E-state index contributed by atoms with van der Waals surface area (Å²) in [6.45, 7) is 1.32. The third-order valence-electron chi connectivity index (χ3n) is 2.03. The first-order valence-corrected chi connectivity index (χ1v) is 6.26. The van der Waals surface area contributed by atoms with Crippen molar-refractivity contribution in [3.63, 3.8) is 0 Å². The maximum atomic E-state index is 12.0. The summed E-state index contributed by atoms with van der Waals surface area (Å²) < 4.78 is 0.303. The number of pyridine rings is 1. The monoisotopic (exact) mass is 279 g/mol. The van der Waals surface area contributed by atoms with E-state index in [1.54, 1.807) is 24.4 Å². The van der Waals surface area contributed by atoms with E-state index in [9.17, 15) is 9.59 Å². The summed E-state index contributed by atoms with van der Waals surface area (Å²) >= 11 is 6.15. The van der Waals surface area contributed by atoms with Crippen molar-refractivity contribution in [2.45, 2.75) is 6.92 Å². The Hall–Kier alpha value is -1.73. The Morgan fingerprint density at radius 1 is 1.56 bits per heavy atom. The molecule has 0 spiro atoms. The number of hydrogen-bond donors (Lipinski definition) is 1. The number of carbonyl (C=O) groups is 2. The Morgan fingerprint density at radius 2 is 2.33 bits per heavy atom. The minimum atomic E-state index is -0.342. The summed E-state index contributed by atoms with van der Waals surface area (Å²) in [5.74, 6) is -0.684. The summed E-state index contributed by atoms with van der Waals surface area (Å²) in [6.07, 6.45) is 3.28. The van der Waals surface area contributed by atoms with Crippen molar-refractivity contribution in [3.05, 3.63) is 35.0 Å². The van der Waals surface area contributed by atoms with Crippen LogP contribution in [-0.2, 0) is 9.59 Å². The number of thiocarbonyl (C=S) groups is 1. The van der Waals surface area contributed by atoms with Gasteiger partial charge >= 0.3 is 0 Å². The SMILES string of the molecule is CC(=O)NN1C(=O)/C(=C/c2ccccn2)SC1=S. The van der Waals surface area contributed by atoms with Gasteiger partial charge < -0.3 is 0 Å². The zero-order valence-corrected chi connectivity index (χ0v) is 11.0. The highest BCUT2D eigenvalue weighted by molar-refractivity contribution is 8.26. The first-order valence-electron chi connectivity index (χ1n) is 5.04. The fourth-order valence-corrected chi connectivity index (χ4v) is 2.48. The molecule has 18 heavy (non-hydrogen) atoms. The quantitative estimate of drug-likeness (QED) is 0.654. The molecule has 0 aliphatic carbocycles. The smallest absolute Gasteiger partial charge is 0.274 e. The van der Waals surface area contributed by atoms with Gasteiger partial charge in [-0.2, -0.15) is 5.01 Å². The molecule has 1 fully saturated rings. The molecular formula is C11H9N3O2S2. The van der Waals surface area contributed by atoms with Crippen LogP contribution in [0.5, 0.6) is 0 Å². The highest BCUT2D eigenvalue weighted by atomic mass is 32.2. The largest absolute Gasteiger partial charge is 0.285 e. The van der Waals surface area contributed by atoms with Crippen LogP contribution in [0.3, 0.4) is 0 Å². The molecule has 0 atom stereocenters. The molecule has 0 saturated carbocycles. The number of amides is 2. The van der Waals surface area contributed by atoms with Crippen molar-refractivity contribution in [3.8, 4) is 0 Å². The molecule has 92 valence electrons.